The van der Waals surface area contributed by atoms with E-state index in [1.165, 1.54) is 11.3 Å². The van der Waals surface area contributed by atoms with Crippen LogP contribution in [0.25, 0.3) is 0 Å². The molecule has 2 aromatic heterocycles. The highest BCUT2D eigenvalue weighted by Crippen LogP contribution is 2.32. The molecule has 0 unspecified atom stereocenters. The van der Waals surface area contributed by atoms with Crippen LogP contribution in [0.15, 0.2) is 15.6 Å². The Bertz CT molecular complexity index is 993. The largest absolute Gasteiger partial charge is 0.389 e. The van der Waals surface area contributed by atoms with E-state index in [0.29, 0.717) is 28.3 Å². The van der Waals surface area contributed by atoms with Gasteiger partial charge in [-0.15, -0.1) is 11.3 Å². The Morgan fingerprint density at radius 2 is 2.12 bits per heavy atom. The lowest BCUT2D eigenvalue weighted by atomic mass is 9.81. The number of thiazole rings is 1. The molecule has 1 aliphatic carbocycles. The van der Waals surface area contributed by atoms with Crippen LogP contribution < -0.4 is 0 Å². The second kappa shape index (κ2) is 11.1. The maximum absolute atomic E-state index is 12.5. The predicted octanol–water partition coefficient (Wildman–Crippen LogP) is 5.33. The molecule has 6 nitrogen and oxygen atoms in total. The SMILES string of the molecule is Cc1cc(CC(=O)N=CC2CCC(CCN3CCc4sc(CCC(F)(F)F)nc4C3)CC2)no1. The highest BCUT2D eigenvalue weighted by Gasteiger charge is 2.28. The summed E-state index contributed by atoms with van der Waals surface area (Å²) in [5, 5.41) is 4.44. The molecule has 186 valence electrons. The van der Waals surface area contributed by atoms with Gasteiger partial charge in [0.05, 0.1) is 22.8 Å². The molecular weight excluding hydrogens is 465 g/mol. The summed E-state index contributed by atoms with van der Waals surface area (Å²) in [6.07, 6.45) is 3.39. The standard InChI is InChI=1S/C24H31F3N4O2S/c1-16-12-19(30-33-16)13-22(32)28-14-18-4-2-17(3-5-18)7-10-31-11-8-21-20(15-31)29-23(34-21)6-9-24(25,26)27/h12,14,17-18H,2-11,13,15H2,1H3. The van der Waals surface area contributed by atoms with Crippen LogP contribution in [0.4, 0.5) is 13.2 Å². The van der Waals surface area contributed by atoms with Gasteiger partial charge in [0.15, 0.2) is 0 Å². The minimum absolute atomic E-state index is 0.0147. The molecule has 0 aromatic carbocycles. The van der Waals surface area contributed by atoms with Gasteiger partial charge >= 0.3 is 6.18 Å². The van der Waals surface area contributed by atoms with Crippen molar-refractivity contribution in [3.8, 4) is 0 Å². The summed E-state index contributed by atoms with van der Waals surface area (Å²) in [6, 6.07) is 1.75. The molecule has 4 rings (SSSR count). The second-order valence-electron chi connectivity index (χ2n) is 9.47. The zero-order chi connectivity index (χ0) is 24.1. The number of halogens is 3. The average molecular weight is 497 g/mol. The van der Waals surface area contributed by atoms with E-state index in [9.17, 15) is 18.0 Å². The highest BCUT2D eigenvalue weighted by atomic mass is 32.1. The third-order valence-corrected chi connectivity index (χ3v) is 7.87. The van der Waals surface area contributed by atoms with Crippen molar-refractivity contribution in [1.82, 2.24) is 15.0 Å². The van der Waals surface area contributed by atoms with Crippen LogP contribution in [-0.2, 0) is 30.6 Å². The first-order valence-electron chi connectivity index (χ1n) is 12.0. The summed E-state index contributed by atoms with van der Waals surface area (Å²) < 4.78 is 42.4. The molecule has 10 heteroatoms. The van der Waals surface area contributed by atoms with Gasteiger partial charge in [-0.05, 0) is 63.8 Å². The molecule has 2 aliphatic rings. The molecule has 34 heavy (non-hydrogen) atoms. The molecule has 0 spiro atoms. The van der Waals surface area contributed by atoms with Gasteiger partial charge in [0.1, 0.15) is 5.76 Å². The fourth-order valence-electron chi connectivity index (χ4n) is 4.73. The van der Waals surface area contributed by atoms with E-state index in [-0.39, 0.29) is 18.7 Å². The molecule has 1 saturated carbocycles. The van der Waals surface area contributed by atoms with Crippen LogP contribution in [0, 0.1) is 18.8 Å². The number of nitrogens with zero attached hydrogens (tertiary/aromatic N) is 4. The molecular formula is C24H31F3N4O2S. The quantitative estimate of drug-likeness (QED) is 0.462. The minimum Gasteiger partial charge on any atom is -0.361 e. The van der Waals surface area contributed by atoms with Gasteiger partial charge in [0, 0.05) is 43.1 Å². The van der Waals surface area contributed by atoms with Crippen molar-refractivity contribution in [2.75, 3.05) is 13.1 Å². The van der Waals surface area contributed by atoms with E-state index in [4.69, 9.17) is 4.52 Å². The zero-order valence-corrected chi connectivity index (χ0v) is 20.3. The average Bonchev–Trinajstić information content (AvgIpc) is 3.40. The van der Waals surface area contributed by atoms with E-state index in [2.05, 4.69) is 20.0 Å². The first kappa shape index (κ1) is 25.0. The van der Waals surface area contributed by atoms with Crippen LogP contribution in [-0.4, -0.2) is 46.4 Å². The van der Waals surface area contributed by atoms with Crippen molar-refractivity contribution in [3.63, 3.8) is 0 Å². The summed E-state index contributed by atoms with van der Waals surface area (Å²) >= 11 is 1.45. The second-order valence-corrected chi connectivity index (χ2v) is 10.6. The summed E-state index contributed by atoms with van der Waals surface area (Å²) in [5.74, 6) is 1.51. The topological polar surface area (TPSA) is 71.6 Å². The molecule has 3 heterocycles. The summed E-state index contributed by atoms with van der Waals surface area (Å²) in [4.78, 5) is 24.2. The van der Waals surface area contributed by atoms with Crippen LogP contribution in [0.3, 0.4) is 0 Å². The van der Waals surface area contributed by atoms with Gasteiger partial charge < -0.3 is 4.52 Å². The van der Waals surface area contributed by atoms with Crippen molar-refractivity contribution in [1.29, 1.82) is 0 Å². The number of rotatable bonds is 8. The monoisotopic (exact) mass is 496 g/mol. The Morgan fingerprint density at radius 1 is 1.32 bits per heavy atom. The number of aliphatic imine (C=N–C) groups is 1. The van der Waals surface area contributed by atoms with Crippen molar-refractivity contribution in [3.05, 3.63) is 33.1 Å². The van der Waals surface area contributed by atoms with Gasteiger partial charge in [-0.1, -0.05) is 5.16 Å². The first-order chi connectivity index (χ1) is 16.2. The molecule has 0 bridgehead atoms. The number of carbonyl (C=O) groups excluding carboxylic acids is 1. The molecule has 0 atom stereocenters. The lowest BCUT2D eigenvalue weighted by molar-refractivity contribution is -0.134. The summed E-state index contributed by atoms with van der Waals surface area (Å²) in [5.41, 5.74) is 1.59. The van der Waals surface area contributed by atoms with Crippen LogP contribution in [0.1, 0.15) is 65.6 Å². The summed E-state index contributed by atoms with van der Waals surface area (Å²) in [6.45, 7) is 4.48. The number of aryl methyl sites for hydroxylation is 2. The van der Waals surface area contributed by atoms with E-state index < -0.39 is 12.6 Å². The number of hydrogen-bond acceptors (Lipinski definition) is 6. The molecule has 0 saturated heterocycles. The maximum Gasteiger partial charge on any atom is 0.389 e. The van der Waals surface area contributed by atoms with Gasteiger partial charge in [0.25, 0.3) is 5.91 Å². The minimum atomic E-state index is -4.13. The third kappa shape index (κ3) is 7.46. The van der Waals surface area contributed by atoms with Crippen LogP contribution >= 0.6 is 11.3 Å². The number of amides is 1. The van der Waals surface area contributed by atoms with Crippen LogP contribution in [0.5, 0.6) is 0 Å². The van der Waals surface area contributed by atoms with E-state index >= 15 is 0 Å². The van der Waals surface area contributed by atoms with E-state index in [0.717, 1.165) is 68.7 Å². The van der Waals surface area contributed by atoms with Crippen molar-refractivity contribution in [2.45, 2.75) is 77.4 Å². The number of fused-ring (bicyclic) bond motifs is 1. The third-order valence-electron chi connectivity index (χ3n) is 6.66. The Hall–Kier alpha value is -2.07. The van der Waals surface area contributed by atoms with Gasteiger partial charge in [-0.25, -0.2) is 9.98 Å². The number of alkyl halides is 3. The lowest BCUT2D eigenvalue weighted by Crippen LogP contribution is -2.32. The van der Waals surface area contributed by atoms with Gasteiger partial charge in [0.2, 0.25) is 0 Å². The van der Waals surface area contributed by atoms with Crippen LogP contribution in [0.2, 0.25) is 0 Å². The van der Waals surface area contributed by atoms with Gasteiger partial charge in [-0.3, -0.25) is 9.69 Å². The Kier molecular flexibility index (Phi) is 8.18. The summed E-state index contributed by atoms with van der Waals surface area (Å²) in [7, 11) is 0. The van der Waals surface area contributed by atoms with Crippen molar-refractivity contribution < 1.29 is 22.5 Å². The first-order valence-corrected chi connectivity index (χ1v) is 12.8. The van der Waals surface area contributed by atoms with Crippen molar-refractivity contribution >= 4 is 23.5 Å². The van der Waals surface area contributed by atoms with E-state index in [1.807, 2.05) is 6.21 Å². The molecule has 0 N–H and O–H groups in total. The maximum atomic E-state index is 12.5. The molecule has 1 fully saturated rings. The van der Waals surface area contributed by atoms with Gasteiger partial charge in [-0.2, -0.15) is 13.2 Å². The number of aromatic nitrogens is 2. The van der Waals surface area contributed by atoms with E-state index in [1.54, 1.807) is 13.0 Å². The predicted molar refractivity (Wildman–Crippen MR) is 124 cm³/mol. The van der Waals surface area contributed by atoms with Crippen molar-refractivity contribution in [2.24, 2.45) is 16.8 Å². The Morgan fingerprint density at radius 3 is 2.82 bits per heavy atom. The highest BCUT2D eigenvalue weighted by molar-refractivity contribution is 7.11. The fraction of sp³-hybridized carbons (Fsp3) is 0.667. The normalized spacial score (nSPS) is 21.8. The fourth-order valence-corrected chi connectivity index (χ4v) is 5.80. The number of hydrogen-bond donors (Lipinski definition) is 0. The molecule has 2 aromatic rings. The smallest absolute Gasteiger partial charge is 0.361 e. The molecule has 1 aliphatic heterocycles. The lowest BCUT2D eigenvalue weighted by Gasteiger charge is -2.30. The molecule has 1 amide bonds. The Labute approximate surface area is 201 Å². The Balaban J connectivity index is 1.15. The zero-order valence-electron chi connectivity index (χ0n) is 19.4. The number of carbonyl (C=O) groups is 1. The molecule has 0 radical (unpaired) electrons.